The molecule has 28 heavy (non-hydrogen) atoms. The fraction of sp³-hybridized carbons (Fsp3) is 0.182. The van der Waals surface area contributed by atoms with Gasteiger partial charge in [-0.25, -0.2) is 0 Å². The zero-order valence-electron chi connectivity index (χ0n) is 16.0. The molecule has 0 atom stereocenters. The summed E-state index contributed by atoms with van der Waals surface area (Å²) in [6.45, 7) is 2.25. The Balaban J connectivity index is 2.10. The molecule has 0 unspecified atom stereocenters. The Morgan fingerprint density at radius 2 is 1.71 bits per heavy atom. The van der Waals surface area contributed by atoms with Gasteiger partial charge in [0.1, 0.15) is 0 Å². The largest absolute Gasteiger partial charge is 0.377 e. The van der Waals surface area contributed by atoms with Crippen LogP contribution < -0.4 is 9.80 Å². The predicted octanol–water partition coefficient (Wildman–Crippen LogP) is 5.61. The first-order valence-electron chi connectivity index (χ1n) is 8.80. The van der Waals surface area contributed by atoms with Gasteiger partial charge in [0.15, 0.2) is 0 Å². The third kappa shape index (κ3) is 4.46. The normalized spacial score (nSPS) is 10.6. The number of para-hydroxylation sites is 1. The van der Waals surface area contributed by atoms with Gasteiger partial charge in [0.2, 0.25) is 0 Å². The molecule has 0 aliphatic carbocycles. The maximum absolute atomic E-state index is 13.5. The lowest BCUT2D eigenvalue weighted by Crippen LogP contribution is -2.31. The van der Waals surface area contributed by atoms with Gasteiger partial charge in [-0.3, -0.25) is 9.78 Å². The average molecular weight is 414 g/mol. The molecule has 1 aromatic heterocycles. The SMILES string of the molecule is Cc1cnccc1C(=O)N(Cc1ccccc1N(C)C)c1cc(Cl)cc(Cl)c1. The van der Waals surface area contributed by atoms with Gasteiger partial charge >= 0.3 is 0 Å². The second-order valence-electron chi connectivity index (χ2n) is 6.73. The highest BCUT2D eigenvalue weighted by molar-refractivity contribution is 6.35. The fourth-order valence-corrected chi connectivity index (χ4v) is 3.60. The lowest BCUT2D eigenvalue weighted by molar-refractivity contribution is 0.0984. The molecule has 3 aromatic rings. The maximum Gasteiger partial charge on any atom is 0.258 e. The number of nitrogens with zero attached hydrogens (tertiary/aromatic N) is 3. The minimum Gasteiger partial charge on any atom is -0.377 e. The lowest BCUT2D eigenvalue weighted by Gasteiger charge is -2.27. The molecule has 0 saturated carbocycles. The van der Waals surface area contributed by atoms with Gasteiger partial charge in [0.05, 0.1) is 6.54 Å². The molecule has 0 radical (unpaired) electrons. The minimum atomic E-state index is -0.133. The molecule has 1 heterocycles. The number of hydrogen-bond acceptors (Lipinski definition) is 3. The van der Waals surface area contributed by atoms with E-state index >= 15 is 0 Å². The summed E-state index contributed by atoms with van der Waals surface area (Å²) >= 11 is 12.4. The van der Waals surface area contributed by atoms with Crippen molar-refractivity contribution in [1.29, 1.82) is 0 Å². The lowest BCUT2D eigenvalue weighted by atomic mass is 10.1. The summed E-state index contributed by atoms with van der Waals surface area (Å²) in [7, 11) is 3.96. The van der Waals surface area contributed by atoms with Gasteiger partial charge in [0.25, 0.3) is 5.91 Å². The van der Waals surface area contributed by atoms with Crippen LogP contribution in [0.5, 0.6) is 0 Å². The Morgan fingerprint density at radius 1 is 1.04 bits per heavy atom. The van der Waals surface area contributed by atoms with Gasteiger partial charge in [-0.15, -0.1) is 0 Å². The van der Waals surface area contributed by atoms with E-state index in [2.05, 4.69) is 4.98 Å². The number of rotatable bonds is 5. The van der Waals surface area contributed by atoms with Gasteiger partial charge in [-0.05, 0) is 48.4 Å². The third-order valence-corrected chi connectivity index (χ3v) is 4.89. The summed E-state index contributed by atoms with van der Waals surface area (Å²) in [6, 6.07) is 14.9. The predicted molar refractivity (Wildman–Crippen MR) is 117 cm³/mol. The summed E-state index contributed by atoms with van der Waals surface area (Å²) in [5, 5.41) is 0.959. The van der Waals surface area contributed by atoms with Crippen molar-refractivity contribution in [2.24, 2.45) is 0 Å². The molecule has 0 aliphatic heterocycles. The highest BCUT2D eigenvalue weighted by Gasteiger charge is 2.22. The van der Waals surface area contributed by atoms with Crippen molar-refractivity contribution in [1.82, 2.24) is 4.98 Å². The molecule has 0 saturated heterocycles. The van der Waals surface area contributed by atoms with Crippen LogP contribution in [0, 0.1) is 6.92 Å². The van der Waals surface area contributed by atoms with Crippen LogP contribution in [0.1, 0.15) is 21.5 Å². The van der Waals surface area contributed by atoms with E-state index in [1.165, 1.54) is 0 Å². The minimum absolute atomic E-state index is 0.133. The van der Waals surface area contributed by atoms with E-state index in [4.69, 9.17) is 23.2 Å². The smallest absolute Gasteiger partial charge is 0.258 e. The van der Waals surface area contributed by atoms with E-state index in [9.17, 15) is 4.79 Å². The molecular formula is C22H21Cl2N3O. The Labute approximate surface area is 175 Å². The van der Waals surface area contributed by atoms with Crippen molar-refractivity contribution in [3.63, 3.8) is 0 Å². The number of halogens is 2. The quantitative estimate of drug-likeness (QED) is 0.545. The molecule has 0 fully saturated rings. The number of anilines is 2. The standard InChI is InChI=1S/C22H21Cl2N3O/c1-15-13-25-9-8-20(15)22(28)27(19-11-17(23)10-18(24)12-19)14-16-6-4-5-7-21(16)26(2)3/h4-13H,14H2,1-3H3. The number of carbonyl (C=O) groups excluding carboxylic acids is 1. The van der Waals surface area contributed by atoms with E-state index in [-0.39, 0.29) is 5.91 Å². The second kappa shape index (κ2) is 8.63. The zero-order chi connectivity index (χ0) is 20.3. The van der Waals surface area contributed by atoms with Gasteiger partial charge in [0, 0.05) is 53.5 Å². The van der Waals surface area contributed by atoms with E-state index in [1.807, 2.05) is 50.2 Å². The van der Waals surface area contributed by atoms with E-state index in [0.29, 0.717) is 27.8 Å². The summed E-state index contributed by atoms with van der Waals surface area (Å²) in [4.78, 5) is 21.3. The van der Waals surface area contributed by atoms with Gasteiger partial charge in [-0.1, -0.05) is 41.4 Å². The zero-order valence-corrected chi connectivity index (χ0v) is 17.5. The molecule has 0 bridgehead atoms. The van der Waals surface area contributed by atoms with Crippen LogP contribution in [0.4, 0.5) is 11.4 Å². The molecule has 144 valence electrons. The Hall–Kier alpha value is -2.56. The summed E-state index contributed by atoms with van der Waals surface area (Å²) in [5.74, 6) is -0.133. The molecule has 3 rings (SSSR count). The van der Waals surface area contributed by atoms with E-state index in [0.717, 1.165) is 16.8 Å². The van der Waals surface area contributed by atoms with Crippen molar-refractivity contribution in [2.75, 3.05) is 23.9 Å². The monoisotopic (exact) mass is 413 g/mol. The Bertz CT molecular complexity index is 984. The summed E-state index contributed by atoms with van der Waals surface area (Å²) in [5.41, 5.74) is 4.11. The average Bonchev–Trinajstić information content (AvgIpc) is 2.65. The first-order valence-corrected chi connectivity index (χ1v) is 9.56. The van der Waals surface area contributed by atoms with Crippen LogP contribution in [0.3, 0.4) is 0 Å². The number of benzene rings is 2. The first kappa shape index (κ1) is 20.2. The van der Waals surface area contributed by atoms with E-state index < -0.39 is 0 Å². The number of carbonyl (C=O) groups is 1. The number of aromatic nitrogens is 1. The van der Waals surface area contributed by atoms with Crippen LogP contribution in [-0.2, 0) is 6.54 Å². The fourth-order valence-electron chi connectivity index (χ4n) is 3.09. The topological polar surface area (TPSA) is 36.4 Å². The van der Waals surface area contributed by atoms with Crippen LogP contribution in [0.15, 0.2) is 60.9 Å². The second-order valence-corrected chi connectivity index (χ2v) is 7.61. The number of pyridine rings is 1. The molecule has 1 amide bonds. The van der Waals surface area contributed by atoms with Crippen molar-refractivity contribution < 1.29 is 4.79 Å². The van der Waals surface area contributed by atoms with Crippen molar-refractivity contribution in [3.8, 4) is 0 Å². The molecule has 2 aromatic carbocycles. The third-order valence-electron chi connectivity index (χ3n) is 4.46. The highest BCUT2D eigenvalue weighted by Crippen LogP contribution is 2.30. The van der Waals surface area contributed by atoms with Crippen molar-refractivity contribution in [3.05, 3.63) is 87.7 Å². The van der Waals surface area contributed by atoms with Crippen LogP contribution in [0.25, 0.3) is 0 Å². The molecule has 0 spiro atoms. The van der Waals surface area contributed by atoms with Crippen molar-refractivity contribution >= 4 is 40.5 Å². The number of amides is 1. The van der Waals surface area contributed by atoms with E-state index in [1.54, 1.807) is 41.6 Å². The van der Waals surface area contributed by atoms with Gasteiger partial charge < -0.3 is 9.80 Å². The Morgan fingerprint density at radius 3 is 2.36 bits per heavy atom. The van der Waals surface area contributed by atoms with Crippen LogP contribution in [-0.4, -0.2) is 25.0 Å². The molecule has 0 aliphatic rings. The molecule has 0 N–H and O–H groups in total. The molecule has 4 nitrogen and oxygen atoms in total. The Kier molecular flexibility index (Phi) is 6.22. The summed E-state index contributed by atoms with van der Waals surface area (Å²) < 4.78 is 0. The molecule has 6 heteroatoms. The van der Waals surface area contributed by atoms with Gasteiger partial charge in [-0.2, -0.15) is 0 Å². The van der Waals surface area contributed by atoms with Crippen LogP contribution >= 0.6 is 23.2 Å². The molecular weight excluding hydrogens is 393 g/mol. The highest BCUT2D eigenvalue weighted by atomic mass is 35.5. The van der Waals surface area contributed by atoms with Crippen molar-refractivity contribution in [2.45, 2.75) is 13.5 Å². The summed E-state index contributed by atoms with van der Waals surface area (Å²) in [6.07, 6.45) is 3.31. The maximum atomic E-state index is 13.5. The van der Waals surface area contributed by atoms with Crippen LogP contribution in [0.2, 0.25) is 10.0 Å². The first-order chi connectivity index (χ1) is 13.4. The number of aryl methyl sites for hydroxylation is 1. The number of hydrogen-bond donors (Lipinski definition) is 0.